The van der Waals surface area contributed by atoms with Gasteiger partial charge in [-0.3, -0.25) is 15.6 Å². The number of rotatable bonds is 4. The summed E-state index contributed by atoms with van der Waals surface area (Å²) in [5.41, 5.74) is 9.66. The summed E-state index contributed by atoms with van der Waals surface area (Å²) < 4.78 is 1.76. The van der Waals surface area contributed by atoms with E-state index in [0.29, 0.717) is 27.4 Å². The van der Waals surface area contributed by atoms with Crippen molar-refractivity contribution in [3.8, 4) is 5.69 Å². The van der Waals surface area contributed by atoms with Gasteiger partial charge in [0, 0.05) is 0 Å². The number of carbonyl (C=O) groups excluding carboxylic acids is 1. The lowest BCUT2D eigenvalue weighted by Crippen LogP contribution is -2.30. The molecule has 0 saturated carbocycles. The molecule has 7 nitrogen and oxygen atoms in total. The minimum absolute atomic E-state index is 0.362. The number of fused-ring (bicyclic) bond motifs is 1. The van der Waals surface area contributed by atoms with Crippen molar-refractivity contribution in [2.24, 2.45) is 0 Å². The smallest absolute Gasteiger partial charge is 0.271 e. The summed E-state index contributed by atoms with van der Waals surface area (Å²) in [5.74, 6) is 0.0838. The van der Waals surface area contributed by atoms with E-state index in [-0.39, 0.29) is 5.91 Å². The maximum atomic E-state index is 12.4. The van der Waals surface area contributed by atoms with Crippen molar-refractivity contribution >= 4 is 34.4 Å². The standard InChI is InChI=1S/C20H17ClN6O/c1-12-7-8-17(13(2)9-12)27-19-15(10-24-27)18(22-11-23-19)25-26-20(28)14-5-3-4-6-16(14)21/h3-11H,1-2H3,(H,26,28)(H,22,23,25). The zero-order chi connectivity index (χ0) is 19.7. The van der Waals surface area contributed by atoms with Gasteiger partial charge in [0.15, 0.2) is 11.5 Å². The van der Waals surface area contributed by atoms with Crippen LogP contribution in [0.1, 0.15) is 21.5 Å². The lowest BCUT2D eigenvalue weighted by atomic mass is 10.1. The quantitative estimate of drug-likeness (QED) is 0.515. The fourth-order valence-electron chi connectivity index (χ4n) is 2.99. The molecule has 0 aliphatic rings. The van der Waals surface area contributed by atoms with Crippen LogP contribution in [0.2, 0.25) is 5.02 Å². The van der Waals surface area contributed by atoms with Crippen LogP contribution in [-0.4, -0.2) is 25.7 Å². The summed E-state index contributed by atoms with van der Waals surface area (Å²) in [6.07, 6.45) is 3.09. The first-order valence-corrected chi connectivity index (χ1v) is 8.99. The van der Waals surface area contributed by atoms with Crippen molar-refractivity contribution in [1.82, 2.24) is 25.2 Å². The molecule has 8 heteroatoms. The van der Waals surface area contributed by atoms with Crippen LogP contribution < -0.4 is 10.9 Å². The van der Waals surface area contributed by atoms with E-state index in [2.05, 4.69) is 32.0 Å². The number of hydrogen-bond donors (Lipinski definition) is 2. The van der Waals surface area contributed by atoms with Crippen LogP contribution in [0, 0.1) is 13.8 Å². The van der Waals surface area contributed by atoms with Crippen LogP contribution >= 0.6 is 11.6 Å². The molecular weight excluding hydrogens is 376 g/mol. The Balaban J connectivity index is 1.64. The van der Waals surface area contributed by atoms with Gasteiger partial charge in [-0.05, 0) is 37.6 Å². The van der Waals surface area contributed by atoms with E-state index < -0.39 is 0 Å². The highest BCUT2D eigenvalue weighted by atomic mass is 35.5. The molecule has 140 valence electrons. The lowest BCUT2D eigenvalue weighted by Gasteiger charge is -2.10. The van der Waals surface area contributed by atoms with Gasteiger partial charge < -0.3 is 0 Å². The SMILES string of the molecule is Cc1ccc(-n2ncc3c(NNC(=O)c4ccccc4Cl)ncnc32)c(C)c1. The Morgan fingerprint density at radius 3 is 2.71 bits per heavy atom. The van der Waals surface area contributed by atoms with Crippen molar-refractivity contribution < 1.29 is 4.79 Å². The summed E-state index contributed by atoms with van der Waals surface area (Å²) in [7, 11) is 0. The maximum absolute atomic E-state index is 12.4. The van der Waals surface area contributed by atoms with E-state index in [9.17, 15) is 4.79 Å². The zero-order valence-corrected chi connectivity index (χ0v) is 16.0. The van der Waals surface area contributed by atoms with Crippen molar-refractivity contribution in [2.75, 3.05) is 5.43 Å². The molecule has 0 spiro atoms. The molecule has 0 fully saturated rings. The predicted octanol–water partition coefficient (Wildman–Crippen LogP) is 3.84. The number of hydrazine groups is 1. The Bertz CT molecular complexity index is 1190. The minimum atomic E-state index is -0.362. The van der Waals surface area contributed by atoms with Crippen LogP contribution in [0.25, 0.3) is 16.7 Å². The summed E-state index contributed by atoms with van der Waals surface area (Å²) in [6.45, 7) is 4.07. The normalized spacial score (nSPS) is 10.8. The highest BCUT2D eigenvalue weighted by Gasteiger charge is 2.14. The highest BCUT2D eigenvalue weighted by Crippen LogP contribution is 2.23. The molecular formula is C20H17ClN6O. The van der Waals surface area contributed by atoms with Crippen LogP contribution in [0.3, 0.4) is 0 Å². The Labute approximate surface area is 166 Å². The summed E-state index contributed by atoms with van der Waals surface area (Å²) >= 11 is 6.07. The fraction of sp³-hybridized carbons (Fsp3) is 0.100. The maximum Gasteiger partial charge on any atom is 0.271 e. The Hall–Kier alpha value is -3.45. The number of amides is 1. The van der Waals surface area contributed by atoms with E-state index in [0.717, 1.165) is 11.3 Å². The lowest BCUT2D eigenvalue weighted by molar-refractivity contribution is 0.0962. The van der Waals surface area contributed by atoms with Gasteiger partial charge in [-0.25, -0.2) is 14.6 Å². The van der Waals surface area contributed by atoms with Gasteiger partial charge >= 0.3 is 0 Å². The number of hydrogen-bond acceptors (Lipinski definition) is 5. The first-order chi connectivity index (χ1) is 13.5. The molecule has 4 aromatic rings. The monoisotopic (exact) mass is 392 g/mol. The Morgan fingerprint density at radius 2 is 1.93 bits per heavy atom. The topological polar surface area (TPSA) is 84.7 Å². The van der Waals surface area contributed by atoms with Crippen molar-refractivity contribution in [3.63, 3.8) is 0 Å². The van der Waals surface area contributed by atoms with E-state index >= 15 is 0 Å². The molecule has 0 bridgehead atoms. The third-order valence-electron chi connectivity index (χ3n) is 4.36. The van der Waals surface area contributed by atoms with Gasteiger partial charge in [0.1, 0.15) is 6.33 Å². The number of halogens is 1. The summed E-state index contributed by atoms with van der Waals surface area (Å²) in [5, 5.41) is 5.51. The average molecular weight is 393 g/mol. The number of nitrogens with zero attached hydrogens (tertiary/aromatic N) is 4. The van der Waals surface area contributed by atoms with Crippen LogP contribution in [0.4, 0.5) is 5.82 Å². The molecule has 4 rings (SSSR count). The Morgan fingerprint density at radius 1 is 1.11 bits per heavy atom. The number of carbonyl (C=O) groups is 1. The van der Waals surface area contributed by atoms with Gasteiger partial charge in [0.05, 0.1) is 27.9 Å². The molecule has 0 aliphatic carbocycles. The molecule has 2 N–H and O–H groups in total. The molecule has 0 saturated heterocycles. The second-order valence-electron chi connectivity index (χ2n) is 6.36. The van der Waals surface area contributed by atoms with Gasteiger partial charge in [-0.15, -0.1) is 0 Å². The van der Waals surface area contributed by atoms with Crippen LogP contribution in [0.15, 0.2) is 55.0 Å². The molecule has 0 radical (unpaired) electrons. The molecule has 28 heavy (non-hydrogen) atoms. The predicted molar refractivity (Wildman–Crippen MR) is 109 cm³/mol. The van der Waals surface area contributed by atoms with Crippen molar-refractivity contribution in [1.29, 1.82) is 0 Å². The first-order valence-electron chi connectivity index (χ1n) is 8.62. The van der Waals surface area contributed by atoms with Gasteiger partial charge in [0.25, 0.3) is 5.91 Å². The average Bonchev–Trinajstić information content (AvgIpc) is 3.11. The third-order valence-corrected chi connectivity index (χ3v) is 4.69. The number of aryl methyl sites for hydroxylation is 2. The summed E-state index contributed by atoms with van der Waals surface area (Å²) in [6, 6.07) is 12.9. The van der Waals surface area contributed by atoms with Crippen LogP contribution in [0.5, 0.6) is 0 Å². The summed E-state index contributed by atoms with van der Waals surface area (Å²) in [4.78, 5) is 20.9. The van der Waals surface area contributed by atoms with E-state index in [4.69, 9.17) is 11.6 Å². The Kier molecular flexibility index (Phi) is 4.67. The van der Waals surface area contributed by atoms with Crippen LogP contribution in [-0.2, 0) is 0 Å². The second kappa shape index (κ2) is 7.28. The molecule has 2 aromatic heterocycles. The number of aromatic nitrogens is 4. The molecule has 2 heterocycles. The minimum Gasteiger partial charge on any atom is -0.281 e. The largest absolute Gasteiger partial charge is 0.281 e. The van der Waals surface area contributed by atoms with Crippen molar-refractivity contribution in [2.45, 2.75) is 13.8 Å². The zero-order valence-electron chi connectivity index (χ0n) is 15.3. The number of benzene rings is 2. The van der Waals surface area contributed by atoms with Crippen molar-refractivity contribution in [3.05, 3.63) is 76.7 Å². The van der Waals surface area contributed by atoms with Gasteiger partial charge in [0.2, 0.25) is 0 Å². The van der Waals surface area contributed by atoms with E-state index in [1.807, 2.05) is 26.0 Å². The second-order valence-corrected chi connectivity index (χ2v) is 6.77. The van der Waals surface area contributed by atoms with Gasteiger partial charge in [-0.1, -0.05) is 41.4 Å². The third kappa shape index (κ3) is 3.27. The molecule has 1 amide bonds. The molecule has 2 aromatic carbocycles. The highest BCUT2D eigenvalue weighted by molar-refractivity contribution is 6.33. The number of nitrogens with one attached hydrogen (secondary N) is 2. The fourth-order valence-corrected chi connectivity index (χ4v) is 3.21. The van der Waals surface area contributed by atoms with E-state index in [1.165, 1.54) is 11.9 Å². The van der Waals surface area contributed by atoms with Gasteiger partial charge in [-0.2, -0.15) is 5.10 Å². The van der Waals surface area contributed by atoms with E-state index in [1.54, 1.807) is 35.1 Å². The molecule has 0 atom stereocenters. The first kappa shape index (κ1) is 17.9. The molecule has 0 unspecified atom stereocenters. The number of anilines is 1. The molecule has 0 aliphatic heterocycles.